The second-order valence-electron chi connectivity index (χ2n) is 12.1. The Bertz CT molecular complexity index is 1870. The maximum atomic E-state index is 14.4. The highest BCUT2D eigenvalue weighted by molar-refractivity contribution is 7.52. The van der Waals surface area contributed by atoms with E-state index in [9.17, 15) is 27.6 Å². The summed E-state index contributed by atoms with van der Waals surface area (Å²) in [4.78, 5) is 26.2. The average molecular weight is 725 g/mol. The fourth-order valence-corrected chi connectivity index (χ4v) is 7.75. The number of carbonyl (C=O) groups is 1. The zero-order chi connectivity index (χ0) is 35.0. The Morgan fingerprint density at radius 2 is 1.90 bits per heavy atom. The third-order valence-corrected chi connectivity index (χ3v) is 10.3. The van der Waals surface area contributed by atoms with E-state index in [4.69, 9.17) is 30.1 Å². The number of anilines is 1. The van der Waals surface area contributed by atoms with E-state index in [1.54, 1.807) is 18.5 Å². The van der Waals surface area contributed by atoms with Gasteiger partial charge in [-0.15, -0.1) is 0 Å². The van der Waals surface area contributed by atoms with Crippen molar-refractivity contribution < 1.29 is 46.2 Å². The van der Waals surface area contributed by atoms with Gasteiger partial charge in [0.05, 0.1) is 24.6 Å². The Kier molecular flexibility index (Phi) is 9.65. The molecule has 0 amide bonds. The Balaban J connectivity index is 1.20. The van der Waals surface area contributed by atoms with Crippen molar-refractivity contribution >= 4 is 42.3 Å². The number of halogens is 4. The molecule has 1 saturated carbocycles. The molecule has 1 aliphatic heterocycles. The number of hydrogen-bond acceptors (Lipinski definition) is 11. The molecule has 0 radical (unpaired) electrons. The van der Waals surface area contributed by atoms with Crippen LogP contribution in [-0.2, 0) is 36.1 Å². The fourth-order valence-electron chi connectivity index (χ4n) is 5.86. The summed E-state index contributed by atoms with van der Waals surface area (Å²) in [7, 11) is -2.75. The standard InChI is InChI=1S/C31H33ClF3N6O7P/c1-29(43)14-22(47-27(29)41-18-39-24-25(36-2)37-17-38-26(24)41)16-46-49(44,48-21-10-8-20(32)9-11-21)40-30(12-5-13-30)28(42)45-15-19-6-3-4-7-23(19)31(33,34)35/h3-4,6-11,17-18,22,27,43H,5,12-16H2,1-2H3,(H,40,44)(H,36,37,38)/t22?,27?,29-,49?/m1/s1. The third kappa shape index (κ3) is 7.39. The molecule has 3 unspecified atom stereocenters. The lowest BCUT2D eigenvalue weighted by Crippen LogP contribution is -2.57. The molecule has 2 aliphatic rings. The number of hydrogen-bond donors (Lipinski definition) is 3. The van der Waals surface area contributed by atoms with Crippen molar-refractivity contribution in [3.05, 3.63) is 77.3 Å². The van der Waals surface area contributed by atoms with Gasteiger partial charge < -0.3 is 24.4 Å². The quantitative estimate of drug-likeness (QED) is 0.115. The second kappa shape index (κ2) is 13.5. The Hall–Kier alpha value is -3.79. The molecule has 3 N–H and O–H groups in total. The lowest BCUT2D eigenvalue weighted by molar-refractivity contribution is -0.157. The van der Waals surface area contributed by atoms with Gasteiger partial charge in [-0.3, -0.25) is 13.9 Å². The van der Waals surface area contributed by atoms with Crippen LogP contribution in [0.3, 0.4) is 0 Å². The van der Waals surface area contributed by atoms with Crippen molar-refractivity contribution in [3.63, 3.8) is 0 Å². The van der Waals surface area contributed by atoms with Crippen LogP contribution in [-0.4, -0.2) is 61.5 Å². The highest BCUT2D eigenvalue weighted by Gasteiger charge is 2.53. The first kappa shape index (κ1) is 35.1. The van der Waals surface area contributed by atoms with Crippen molar-refractivity contribution in [1.82, 2.24) is 24.6 Å². The van der Waals surface area contributed by atoms with Crippen LogP contribution in [0, 0.1) is 0 Å². The number of alkyl halides is 3. The van der Waals surface area contributed by atoms with Gasteiger partial charge in [-0.1, -0.05) is 29.8 Å². The van der Waals surface area contributed by atoms with Crippen molar-refractivity contribution in [3.8, 4) is 5.75 Å². The van der Waals surface area contributed by atoms with E-state index < -0.39 is 55.5 Å². The first-order valence-electron chi connectivity index (χ1n) is 15.3. The lowest BCUT2D eigenvalue weighted by Gasteiger charge is -2.41. The van der Waals surface area contributed by atoms with E-state index in [-0.39, 0.29) is 37.2 Å². The summed E-state index contributed by atoms with van der Waals surface area (Å²) < 4.78 is 79.8. The number of nitrogens with one attached hydrogen (secondary N) is 2. The predicted molar refractivity (Wildman–Crippen MR) is 171 cm³/mol. The van der Waals surface area contributed by atoms with Crippen LogP contribution in [0.5, 0.6) is 5.75 Å². The summed E-state index contributed by atoms with van der Waals surface area (Å²) in [6.45, 7) is 0.567. The molecule has 6 rings (SSSR count). The minimum absolute atomic E-state index is 0.0497. The van der Waals surface area contributed by atoms with Crippen molar-refractivity contribution in [2.24, 2.45) is 0 Å². The maximum absolute atomic E-state index is 14.4. The summed E-state index contributed by atoms with van der Waals surface area (Å²) in [5.74, 6) is -0.320. The number of imidazole rings is 1. The number of esters is 1. The zero-order valence-electron chi connectivity index (χ0n) is 26.3. The highest BCUT2D eigenvalue weighted by Crippen LogP contribution is 2.51. The number of nitrogens with zero attached hydrogens (tertiary/aromatic N) is 4. The lowest BCUT2D eigenvalue weighted by atomic mass is 9.78. The van der Waals surface area contributed by atoms with Gasteiger partial charge in [-0.2, -0.15) is 18.3 Å². The topological polar surface area (TPSA) is 159 Å². The minimum atomic E-state index is -4.65. The van der Waals surface area contributed by atoms with Gasteiger partial charge in [0, 0.05) is 24.1 Å². The molecule has 0 spiro atoms. The average Bonchev–Trinajstić information content (AvgIpc) is 3.61. The molecule has 2 fully saturated rings. The monoisotopic (exact) mass is 724 g/mol. The zero-order valence-corrected chi connectivity index (χ0v) is 28.0. The number of benzene rings is 2. The van der Waals surface area contributed by atoms with Crippen LogP contribution in [0.4, 0.5) is 19.0 Å². The first-order valence-corrected chi connectivity index (χ1v) is 17.2. The van der Waals surface area contributed by atoms with E-state index in [0.717, 1.165) is 6.07 Å². The molecule has 3 heterocycles. The van der Waals surface area contributed by atoms with E-state index in [2.05, 4.69) is 25.4 Å². The number of carbonyl (C=O) groups excluding carboxylic acids is 1. The molecule has 18 heteroatoms. The van der Waals surface area contributed by atoms with Gasteiger partial charge in [-0.05, 0) is 56.5 Å². The van der Waals surface area contributed by atoms with Crippen LogP contribution in [0.25, 0.3) is 11.2 Å². The second-order valence-corrected chi connectivity index (χ2v) is 14.2. The van der Waals surface area contributed by atoms with E-state index in [0.29, 0.717) is 28.4 Å². The molecule has 262 valence electrons. The molecule has 4 atom stereocenters. The molecular formula is C31H33ClF3N6O7P. The SMILES string of the molecule is CNc1ncnc2c1ncn2C1OC(COP(=O)(NC2(C(=O)OCc3ccccc3C(F)(F)F)CCC2)Oc2ccc(Cl)cc2)C[C@@]1(C)O. The van der Waals surface area contributed by atoms with Crippen molar-refractivity contribution in [1.29, 1.82) is 0 Å². The van der Waals surface area contributed by atoms with Crippen molar-refractivity contribution in [2.75, 3.05) is 19.0 Å². The molecule has 0 bridgehead atoms. The molecule has 49 heavy (non-hydrogen) atoms. The summed E-state index contributed by atoms with van der Waals surface area (Å²) in [5.41, 5.74) is -3.29. The number of fused-ring (bicyclic) bond motifs is 1. The molecule has 4 aromatic rings. The Labute approximate surface area is 283 Å². The molecule has 13 nitrogen and oxygen atoms in total. The van der Waals surface area contributed by atoms with Gasteiger partial charge in [0.25, 0.3) is 0 Å². The van der Waals surface area contributed by atoms with Crippen LogP contribution in [0.2, 0.25) is 5.02 Å². The normalized spacial score (nSPS) is 23.1. The van der Waals surface area contributed by atoms with Gasteiger partial charge in [0.2, 0.25) is 0 Å². The van der Waals surface area contributed by atoms with Gasteiger partial charge in [0.1, 0.15) is 35.3 Å². The van der Waals surface area contributed by atoms with Crippen LogP contribution >= 0.6 is 19.3 Å². The van der Waals surface area contributed by atoms with Gasteiger partial charge >= 0.3 is 19.9 Å². The Morgan fingerprint density at radius 3 is 2.57 bits per heavy atom. The predicted octanol–water partition coefficient (Wildman–Crippen LogP) is 6.04. The number of aromatic nitrogens is 4. The van der Waals surface area contributed by atoms with E-state index in [1.807, 2.05) is 0 Å². The summed E-state index contributed by atoms with van der Waals surface area (Å²) in [5, 5.41) is 17.4. The van der Waals surface area contributed by atoms with Crippen molar-refractivity contribution in [2.45, 2.75) is 68.9 Å². The third-order valence-electron chi connectivity index (χ3n) is 8.44. The van der Waals surface area contributed by atoms with E-state index >= 15 is 0 Å². The van der Waals surface area contributed by atoms with Gasteiger partial charge in [-0.25, -0.2) is 19.5 Å². The summed E-state index contributed by atoms with van der Waals surface area (Å²) in [6.07, 6.45) is -2.69. The molecule has 1 saturated heterocycles. The number of ether oxygens (including phenoxy) is 2. The first-order chi connectivity index (χ1) is 23.2. The number of rotatable bonds is 12. The fraction of sp³-hybridized carbons (Fsp3) is 0.419. The molecule has 1 aliphatic carbocycles. The smallest absolute Gasteiger partial charge is 0.459 e. The Morgan fingerprint density at radius 1 is 1.16 bits per heavy atom. The summed E-state index contributed by atoms with van der Waals surface area (Å²) in [6, 6.07) is 10.7. The molecular weight excluding hydrogens is 692 g/mol. The summed E-state index contributed by atoms with van der Waals surface area (Å²) >= 11 is 6.01. The van der Waals surface area contributed by atoms with Crippen LogP contribution in [0.1, 0.15) is 50.0 Å². The van der Waals surface area contributed by atoms with Gasteiger partial charge in [0.15, 0.2) is 17.7 Å². The highest BCUT2D eigenvalue weighted by atomic mass is 35.5. The van der Waals surface area contributed by atoms with E-state index in [1.165, 1.54) is 55.1 Å². The molecule has 2 aromatic heterocycles. The molecule has 2 aromatic carbocycles. The van der Waals surface area contributed by atoms with Crippen LogP contribution < -0.4 is 14.9 Å². The largest absolute Gasteiger partial charge is 0.459 e. The minimum Gasteiger partial charge on any atom is -0.459 e. The number of aliphatic hydroxyl groups is 1. The maximum Gasteiger partial charge on any atom is 0.459 e. The van der Waals surface area contributed by atoms with Crippen LogP contribution in [0.15, 0.2) is 61.2 Å².